The number of nitrogens with zero attached hydrogens (tertiary/aromatic N) is 2. The molecule has 0 bridgehead atoms. The molecule has 0 spiro atoms. The van der Waals surface area contributed by atoms with Crippen molar-refractivity contribution in [2.24, 2.45) is 0 Å². The number of methoxy groups -OCH3 is 1. The molecule has 112 valence electrons. The first kappa shape index (κ1) is 14.8. The Morgan fingerprint density at radius 3 is 2.82 bits per heavy atom. The molecule has 0 N–H and O–H groups in total. The third kappa shape index (κ3) is 2.42. The van der Waals surface area contributed by atoms with Crippen LogP contribution in [0.5, 0.6) is 0 Å². The molecule has 2 heterocycles. The van der Waals surface area contributed by atoms with Crippen LogP contribution in [0, 0.1) is 6.92 Å². The van der Waals surface area contributed by atoms with E-state index >= 15 is 0 Å². The van der Waals surface area contributed by atoms with Crippen LogP contribution in [-0.4, -0.2) is 23.0 Å². The minimum Gasteiger partial charge on any atom is -0.465 e. The van der Waals surface area contributed by atoms with Crippen molar-refractivity contribution in [3.05, 3.63) is 45.7 Å². The molecule has 0 saturated carbocycles. The van der Waals surface area contributed by atoms with Gasteiger partial charge in [-0.25, -0.2) is 14.8 Å². The van der Waals surface area contributed by atoms with Crippen LogP contribution in [0.2, 0.25) is 10.2 Å². The number of hydrogen-bond donors (Lipinski definition) is 0. The Bertz CT molecular complexity index is 890. The summed E-state index contributed by atoms with van der Waals surface area (Å²) in [6.07, 6.45) is 1.57. The molecule has 0 aliphatic rings. The number of carbonyl (C=O) groups is 1. The Morgan fingerprint density at radius 2 is 2.09 bits per heavy atom. The first-order valence-electron chi connectivity index (χ1n) is 6.31. The Labute approximate surface area is 135 Å². The predicted molar refractivity (Wildman–Crippen MR) is 83.3 cm³/mol. The quantitative estimate of drug-likeness (QED) is 0.515. The summed E-state index contributed by atoms with van der Waals surface area (Å²) >= 11 is 12.2. The SMILES string of the molecule is COC(=O)c1cc(Cl)c2oc(-c3ccnc(Cl)c3C)nc2c1. The van der Waals surface area contributed by atoms with Crippen LogP contribution in [0.15, 0.2) is 28.8 Å². The predicted octanol–water partition coefficient (Wildman–Crippen LogP) is 4.29. The minimum atomic E-state index is -0.489. The highest BCUT2D eigenvalue weighted by Gasteiger charge is 2.17. The number of halogens is 2. The van der Waals surface area contributed by atoms with E-state index in [2.05, 4.69) is 14.7 Å². The molecule has 5 nitrogen and oxygen atoms in total. The van der Waals surface area contributed by atoms with Crippen molar-refractivity contribution in [2.75, 3.05) is 7.11 Å². The zero-order valence-corrected chi connectivity index (χ0v) is 13.2. The van der Waals surface area contributed by atoms with E-state index < -0.39 is 5.97 Å². The van der Waals surface area contributed by atoms with Crippen LogP contribution in [0.4, 0.5) is 0 Å². The summed E-state index contributed by atoms with van der Waals surface area (Å²) in [6, 6.07) is 4.80. The highest BCUT2D eigenvalue weighted by molar-refractivity contribution is 6.35. The minimum absolute atomic E-state index is 0.287. The average molecular weight is 337 g/mol. The molecular formula is C15H10Cl2N2O3. The van der Waals surface area contributed by atoms with Gasteiger partial charge in [-0.1, -0.05) is 23.2 Å². The van der Waals surface area contributed by atoms with E-state index in [0.717, 1.165) is 5.56 Å². The van der Waals surface area contributed by atoms with Gasteiger partial charge in [0.2, 0.25) is 5.89 Å². The van der Waals surface area contributed by atoms with Crippen LogP contribution >= 0.6 is 23.2 Å². The first-order valence-corrected chi connectivity index (χ1v) is 7.06. The van der Waals surface area contributed by atoms with Gasteiger partial charge in [0.15, 0.2) is 5.58 Å². The van der Waals surface area contributed by atoms with Gasteiger partial charge in [0, 0.05) is 11.8 Å². The average Bonchev–Trinajstić information content (AvgIpc) is 2.93. The summed E-state index contributed by atoms with van der Waals surface area (Å²) in [5.74, 6) is -0.128. The van der Waals surface area contributed by atoms with Crippen molar-refractivity contribution in [1.29, 1.82) is 0 Å². The Morgan fingerprint density at radius 1 is 1.32 bits per heavy atom. The van der Waals surface area contributed by atoms with E-state index in [1.54, 1.807) is 18.3 Å². The monoisotopic (exact) mass is 336 g/mol. The summed E-state index contributed by atoms with van der Waals surface area (Å²) in [7, 11) is 1.30. The fourth-order valence-electron chi connectivity index (χ4n) is 2.08. The van der Waals surface area contributed by atoms with E-state index in [-0.39, 0.29) is 5.02 Å². The smallest absolute Gasteiger partial charge is 0.337 e. The van der Waals surface area contributed by atoms with Gasteiger partial charge in [-0.15, -0.1) is 0 Å². The van der Waals surface area contributed by atoms with Gasteiger partial charge in [-0.05, 0) is 30.7 Å². The molecule has 22 heavy (non-hydrogen) atoms. The zero-order valence-electron chi connectivity index (χ0n) is 11.7. The number of oxazole rings is 1. The molecule has 0 aliphatic carbocycles. The van der Waals surface area contributed by atoms with Gasteiger partial charge in [0.1, 0.15) is 10.7 Å². The fraction of sp³-hybridized carbons (Fsp3) is 0.133. The zero-order chi connectivity index (χ0) is 15.9. The van der Waals surface area contributed by atoms with E-state index in [9.17, 15) is 4.79 Å². The van der Waals surface area contributed by atoms with Crippen molar-refractivity contribution < 1.29 is 13.9 Å². The molecule has 2 aromatic heterocycles. The number of pyridine rings is 1. The van der Waals surface area contributed by atoms with Gasteiger partial charge in [-0.2, -0.15) is 0 Å². The molecule has 1 aromatic carbocycles. The molecule has 0 amide bonds. The molecule has 0 aliphatic heterocycles. The Kier molecular flexibility index (Phi) is 3.76. The van der Waals surface area contributed by atoms with Gasteiger partial charge in [0.05, 0.1) is 17.7 Å². The van der Waals surface area contributed by atoms with Crippen molar-refractivity contribution in [3.63, 3.8) is 0 Å². The molecule has 3 aromatic rings. The number of benzene rings is 1. The number of fused-ring (bicyclic) bond motifs is 1. The maximum atomic E-state index is 11.6. The van der Waals surface area contributed by atoms with Crippen molar-refractivity contribution in [3.8, 4) is 11.5 Å². The third-order valence-corrected chi connectivity index (χ3v) is 3.90. The Hall–Kier alpha value is -2.11. The second-order valence-electron chi connectivity index (χ2n) is 4.59. The second kappa shape index (κ2) is 5.59. The normalized spacial score (nSPS) is 10.9. The lowest BCUT2D eigenvalue weighted by Gasteiger charge is -2.01. The van der Waals surface area contributed by atoms with Crippen LogP contribution in [0.3, 0.4) is 0 Å². The highest BCUT2D eigenvalue weighted by Crippen LogP contribution is 2.33. The largest absolute Gasteiger partial charge is 0.465 e. The van der Waals surface area contributed by atoms with Crippen LogP contribution < -0.4 is 0 Å². The van der Waals surface area contributed by atoms with E-state index in [1.807, 2.05) is 6.92 Å². The molecule has 7 heteroatoms. The summed E-state index contributed by atoms with van der Waals surface area (Å²) in [6.45, 7) is 1.82. The van der Waals surface area contributed by atoms with Crippen molar-refractivity contribution >= 4 is 40.3 Å². The Balaban J connectivity index is 2.20. The first-order chi connectivity index (χ1) is 10.5. The molecule has 0 fully saturated rings. The number of ether oxygens (including phenoxy) is 1. The van der Waals surface area contributed by atoms with Gasteiger partial charge in [0.25, 0.3) is 0 Å². The molecular weight excluding hydrogens is 327 g/mol. The van der Waals surface area contributed by atoms with E-state index in [0.29, 0.717) is 33.3 Å². The molecule has 0 atom stereocenters. The maximum Gasteiger partial charge on any atom is 0.337 e. The summed E-state index contributed by atoms with van der Waals surface area (Å²) in [4.78, 5) is 20.0. The van der Waals surface area contributed by atoms with E-state index in [4.69, 9.17) is 27.6 Å². The van der Waals surface area contributed by atoms with Crippen LogP contribution in [0.25, 0.3) is 22.6 Å². The van der Waals surface area contributed by atoms with E-state index in [1.165, 1.54) is 13.2 Å². The topological polar surface area (TPSA) is 65.2 Å². The molecule has 0 saturated heterocycles. The fourth-order valence-corrected chi connectivity index (χ4v) is 2.50. The van der Waals surface area contributed by atoms with Gasteiger partial charge < -0.3 is 9.15 Å². The van der Waals surface area contributed by atoms with Crippen molar-refractivity contribution in [2.45, 2.75) is 6.92 Å². The third-order valence-electron chi connectivity index (χ3n) is 3.24. The molecule has 3 rings (SSSR count). The van der Waals surface area contributed by atoms with Crippen molar-refractivity contribution in [1.82, 2.24) is 9.97 Å². The summed E-state index contributed by atoms with van der Waals surface area (Å²) in [5.41, 5.74) is 2.64. The number of aromatic nitrogens is 2. The standard InChI is InChI=1S/C15H10Cl2N2O3/c1-7-9(3-4-18-13(7)17)14-19-11-6-8(15(20)21-2)5-10(16)12(11)22-14/h3-6H,1-2H3. The van der Waals surface area contributed by atoms with Crippen LogP contribution in [-0.2, 0) is 4.74 Å². The summed E-state index contributed by atoms with van der Waals surface area (Å²) in [5, 5.41) is 0.663. The van der Waals surface area contributed by atoms with Gasteiger partial charge in [-0.3, -0.25) is 0 Å². The molecule has 0 radical (unpaired) electrons. The highest BCUT2D eigenvalue weighted by atomic mass is 35.5. The lowest BCUT2D eigenvalue weighted by molar-refractivity contribution is 0.0601. The molecule has 0 unspecified atom stereocenters. The van der Waals surface area contributed by atoms with Crippen LogP contribution in [0.1, 0.15) is 15.9 Å². The number of rotatable bonds is 2. The summed E-state index contributed by atoms with van der Waals surface area (Å²) < 4.78 is 10.4. The maximum absolute atomic E-state index is 11.6. The number of carbonyl (C=O) groups excluding carboxylic acids is 1. The lowest BCUT2D eigenvalue weighted by atomic mass is 10.1. The lowest BCUT2D eigenvalue weighted by Crippen LogP contribution is -2.00. The number of hydrogen-bond acceptors (Lipinski definition) is 5. The van der Waals surface area contributed by atoms with Gasteiger partial charge >= 0.3 is 5.97 Å². The number of esters is 1. The second-order valence-corrected chi connectivity index (χ2v) is 5.36.